The Hall–Kier alpha value is -3.28. The van der Waals surface area contributed by atoms with Crippen LogP contribution in [0.3, 0.4) is 0 Å². The molecule has 0 aliphatic heterocycles. The molecular formula is C22H18F3NO2. The number of halogens is 3. The van der Waals surface area contributed by atoms with Gasteiger partial charge in [-0.05, 0) is 53.3 Å². The lowest BCUT2D eigenvalue weighted by atomic mass is 9.98. The first kappa shape index (κ1) is 19.5. The molecule has 3 aromatic carbocycles. The molecule has 0 aliphatic rings. The number of hydrogen-bond acceptors (Lipinski definition) is 2. The fraction of sp³-hybridized carbons (Fsp3) is 0.136. The van der Waals surface area contributed by atoms with E-state index in [1.54, 1.807) is 18.2 Å². The molecular weight excluding hydrogens is 367 g/mol. The highest BCUT2D eigenvalue weighted by atomic mass is 19.4. The number of aromatic carboxylic acids is 1. The summed E-state index contributed by atoms with van der Waals surface area (Å²) in [5, 5.41) is 9.18. The predicted octanol–water partition coefficient (Wildman–Crippen LogP) is 5.44. The summed E-state index contributed by atoms with van der Waals surface area (Å²) in [7, 11) is 0. The second kappa shape index (κ2) is 7.76. The van der Waals surface area contributed by atoms with E-state index < -0.39 is 17.7 Å². The van der Waals surface area contributed by atoms with Gasteiger partial charge < -0.3 is 10.8 Å². The number of carboxylic acids is 1. The molecule has 0 unspecified atom stereocenters. The number of carbonyl (C=O) groups is 1. The van der Waals surface area contributed by atoms with Gasteiger partial charge in [-0.15, -0.1) is 0 Å². The summed E-state index contributed by atoms with van der Waals surface area (Å²) in [6, 6.07) is 17.7. The van der Waals surface area contributed by atoms with E-state index in [1.165, 1.54) is 18.2 Å². The van der Waals surface area contributed by atoms with E-state index in [0.717, 1.165) is 22.8 Å². The number of alkyl halides is 3. The molecule has 0 fully saturated rings. The number of rotatable bonds is 5. The Morgan fingerprint density at radius 1 is 0.857 bits per heavy atom. The summed E-state index contributed by atoms with van der Waals surface area (Å²) in [5.41, 5.74) is 8.46. The van der Waals surface area contributed by atoms with Crippen LogP contribution in [0.25, 0.3) is 11.1 Å². The number of nitrogen functional groups attached to an aromatic ring is 1. The van der Waals surface area contributed by atoms with Crippen molar-refractivity contribution < 1.29 is 23.1 Å². The van der Waals surface area contributed by atoms with E-state index in [9.17, 15) is 23.1 Å². The third-order valence-electron chi connectivity index (χ3n) is 4.53. The molecule has 0 radical (unpaired) electrons. The molecule has 0 spiro atoms. The second-order valence-electron chi connectivity index (χ2n) is 6.50. The molecule has 0 saturated heterocycles. The Labute approximate surface area is 160 Å². The highest BCUT2D eigenvalue weighted by molar-refractivity contribution is 5.95. The maximum Gasteiger partial charge on any atom is 0.416 e. The van der Waals surface area contributed by atoms with Crippen molar-refractivity contribution in [2.24, 2.45) is 0 Å². The van der Waals surface area contributed by atoms with E-state index in [2.05, 4.69) is 0 Å². The third kappa shape index (κ3) is 4.52. The van der Waals surface area contributed by atoms with Crippen LogP contribution in [0.15, 0.2) is 66.7 Å². The minimum absolute atomic E-state index is 0.0473. The molecule has 0 aliphatic carbocycles. The maximum absolute atomic E-state index is 12.8. The van der Waals surface area contributed by atoms with Crippen molar-refractivity contribution in [1.82, 2.24) is 0 Å². The Balaban J connectivity index is 1.72. The summed E-state index contributed by atoms with van der Waals surface area (Å²) in [4.78, 5) is 11.2. The van der Waals surface area contributed by atoms with E-state index in [-0.39, 0.29) is 11.3 Å². The van der Waals surface area contributed by atoms with Gasteiger partial charge in [-0.1, -0.05) is 48.5 Å². The third-order valence-corrected chi connectivity index (χ3v) is 4.53. The zero-order chi connectivity index (χ0) is 20.3. The van der Waals surface area contributed by atoms with Crippen LogP contribution >= 0.6 is 0 Å². The summed E-state index contributed by atoms with van der Waals surface area (Å²) < 4.78 is 38.4. The molecule has 3 N–H and O–H groups in total. The number of anilines is 1. The first-order valence-electron chi connectivity index (χ1n) is 8.62. The van der Waals surface area contributed by atoms with Crippen LogP contribution in [-0.2, 0) is 19.0 Å². The lowest BCUT2D eigenvalue weighted by Gasteiger charge is -2.09. The van der Waals surface area contributed by atoms with Crippen molar-refractivity contribution in [3.8, 4) is 11.1 Å². The fourth-order valence-electron chi connectivity index (χ4n) is 2.98. The largest absolute Gasteiger partial charge is 0.478 e. The first-order valence-corrected chi connectivity index (χ1v) is 8.62. The number of carboxylic acid groups (broad SMARTS) is 1. The summed E-state index contributed by atoms with van der Waals surface area (Å²) in [6.45, 7) is 0. The molecule has 0 heterocycles. The normalized spacial score (nSPS) is 11.4. The molecule has 0 atom stereocenters. The SMILES string of the molecule is Nc1ccc(-c2ccc(CCc3cccc(C(F)(F)F)c3)cc2)cc1C(=O)O. The van der Waals surface area contributed by atoms with Gasteiger partial charge in [-0.25, -0.2) is 4.79 Å². The molecule has 3 nitrogen and oxygen atoms in total. The van der Waals surface area contributed by atoms with Gasteiger partial charge in [0.25, 0.3) is 0 Å². The summed E-state index contributed by atoms with van der Waals surface area (Å²) >= 11 is 0. The van der Waals surface area contributed by atoms with Gasteiger partial charge in [0.15, 0.2) is 0 Å². The van der Waals surface area contributed by atoms with Gasteiger partial charge in [0.05, 0.1) is 11.1 Å². The Morgan fingerprint density at radius 3 is 2.14 bits per heavy atom. The van der Waals surface area contributed by atoms with Gasteiger partial charge in [0.1, 0.15) is 0 Å². The quantitative estimate of drug-likeness (QED) is 0.575. The zero-order valence-electron chi connectivity index (χ0n) is 14.8. The molecule has 0 amide bonds. The first-order chi connectivity index (χ1) is 13.2. The molecule has 3 aromatic rings. The molecule has 0 saturated carbocycles. The van der Waals surface area contributed by atoms with Crippen LogP contribution in [0.4, 0.5) is 18.9 Å². The topological polar surface area (TPSA) is 63.3 Å². The minimum Gasteiger partial charge on any atom is -0.478 e. The Kier molecular flexibility index (Phi) is 5.40. The van der Waals surface area contributed by atoms with Crippen molar-refractivity contribution in [2.45, 2.75) is 19.0 Å². The standard InChI is InChI=1S/C22H18F3NO2/c23-22(24,25)18-3-1-2-15(12-18)5-4-14-6-8-16(9-7-14)17-10-11-20(26)19(13-17)21(27)28/h1-3,6-13H,4-5,26H2,(H,27,28). The van der Waals surface area contributed by atoms with Gasteiger partial charge >= 0.3 is 12.1 Å². The maximum atomic E-state index is 12.8. The van der Waals surface area contributed by atoms with Crippen molar-refractivity contribution in [1.29, 1.82) is 0 Å². The second-order valence-corrected chi connectivity index (χ2v) is 6.50. The average Bonchev–Trinajstić information content (AvgIpc) is 2.66. The number of nitrogens with two attached hydrogens (primary N) is 1. The molecule has 0 bridgehead atoms. The molecule has 6 heteroatoms. The lowest BCUT2D eigenvalue weighted by Crippen LogP contribution is -2.05. The van der Waals surface area contributed by atoms with Crippen LogP contribution in [-0.4, -0.2) is 11.1 Å². The smallest absolute Gasteiger partial charge is 0.416 e. The van der Waals surface area contributed by atoms with Crippen molar-refractivity contribution in [2.75, 3.05) is 5.73 Å². The number of benzene rings is 3. The summed E-state index contributed by atoms with van der Waals surface area (Å²) in [5.74, 6) is -1.09. The molecule has 28 heavy (non-hydrogen) atoms. The van der Waals surface area contributed by atoms with Crippen LogP contribution in [0.2, 0.25) is 0 Å². The van der Waals surface area contributed by atoms with E-state index in [1.807, 2.05) is 24.3 Å². The molecule has 0 aromatic heterocycles. The van der Waals surface area contributed by atoms with Gasteiger partial charge in [0, 0.05) is 5.69 Å². The van der Waals surface area contributed by atoms with Crippen molar-refractivity contribution in [3.63, 3.8) is 0 Å². The predicted molar refractivity (Wildman–Crippen MR) is 102 cm³/mol. The van der Waals surface area contributed by atoms with Crippen LogP contribution in [0.5, 0.6) is 0 Å². The number of hydrogen-bond donors (Lipinski definition) is 2. The monoisotopic (exact) mass is 385 g/mol. The lowest BCUT2D eigenvalue weighted by molar-refractivity contribution is -0.137. The molecule has 144 valence electrons. The highest BCUT2D eigenvalue weighted by Gasteiger charge is 2.30. The minimum atomic E-state index is -4.34. The number of aryl methyl sites for hydroxylation is 2. The molecule has 3 rings (SSSR count). The van der Waals surface area contributed by atoms with Crippen LogP contribution in [0.1, 0.15) is 27.0 Å². The van der Waals surface area contributed by atoms with Gasteiger partial charge in [-0.3, -0.25) is 0 Å². The average molecular weight is 385 g/mol. The van der Waals surface area contributed by atoms with Crippen LogP contribution in [0, 0.1) is 0 Å². The zero-order valence-corrected chi connectivity index (χ0v) is 14.8. The van der Waals surface area contributed by atoms with Gasteiger partial charge in [0.2, 0.25) is 0 Å². The Morgan fingerprint density at radius 2 is 1.50 bits per heavy atom. The van der Waals surface area contributed by atoms with E-state index in [4.69, 9.17) is 5.73 Å². The van der Waals surface area contributed by atoms with E-state index in [0.29, 0.717) is 18.4 Å². The fourth-order valence-corrected chi connectivity index (χ4v) is 2.98. The van der Waals surface area contributed by atoms with Crippen molar-refractivity contribution in [3.05, 3.63) is 89.0 Å². The highest BCUT2D eigenvalue weighted by Crippen LogP contribution is 2.30. The Bertz CT molecular complexity index is 995. The van der Waals surface area contributed by atoms with E-state index >= 15 is 0 Å². The summed E-state index contributed by atoms with van der Waals surface area (Å²) in [6.07, 6.45) is -3.25. The van der Waals surface area contributed by atoms with Gasteiger partial charge in [-0.2, -0.15) is 13.2 Å². The van der Waals surface area contributed by atoms with Crippen LogP contribution < -0.4 is 5.73 Å². The van der Waals surface area contributed by atoms with Crippen molar-refractivity contribution >= 4 is 11.7 Å².